The minimum Gasteiger partial charge on any atom is -0.464 e. The molecule has 10 nitrogen and oxygen atoms in total. The first-order chi connectivity index (χ1) is 14.7. The number of rotatable bonds is 20. The highest BCUT2D eigenvalue weighted by Gasteiger charge is 2.36. The number of aliphatic hydroxyl groups excluding tert-OH is 4. The highest BCUT2D eigenvalue weighted by atomic mass is 31.2. The number of unbranched alkanes of at least 4 members (excludes halogenated alkanes) is 8. The number of carbonyl (C=O) groups excluding carboxylic acids is 1. The molecule has 0 aromatic heterocycles. The summed E-state index contributed by atoms with van der Waals surface area (Å²) in [7, 11) is -4.45. The Bertz CT molecular complexity index is 504. The van der Waals surface area contributed by atoms with Crippen molar-refractivity contribution in [3.05, 3.63) is 0 Å². The maximum Gasteiger partial charge on any atom is 0.472 e. The zero-order valence-electron chi connectivity index (χ0n) is 18.7. The Hall–Kier alpha value is -0.580. The van der Waals surface area contributed by atoms with Crippen molar-refractivity contribution in [2.24, 2.45) is 0 Å². The molecule has 0 rings (SSSR count). The van der Waals surface area contributed by atoms with E-state index in [1.807, 2.05) is 0 Å². The lowest BCUT2D eigenvalue weighted by Gasteiger charge is -2.25. The molecular formula is C20H41O10P. The van der Waals surface area contributed by atoms with Crippen molar-refractivity contribution in [2.45, 2.75) is 102 Å². The van der Waals surface area contributed by atoms with Crippen molar-refractivity contribution < 1.29 is 48.5 Å². The topological polar surface area (TPSA) is 163 Å². The number of esters is 1. The summed E-state index contributed by atoms with van der Waals surface area (Å²) in [6, 6.07) is 0. The SMILES string of the molecule is CCCCCCCOC(=O)[C@H](O)[C@@H](O)[C@H](O)[C@H](O)COP(=O)(O)OCCCCCCC. The van der Waals surface area contributed by atoms with Gasteiger partial charge in [-0.2, -0.15) is 0 Å². The molecule has 0 aliphatic carbocycles. The summed E-state index contributed by atoms with van der Waals surface area (Å²) < 4.78 is 26.0. The second kappa shape index (κ2) is 17.9. The molecule has 0 saturated carbocycles. The van der Waals surface area contributed by atoms with Crippen LogP contribution in [-0.4, -0.2) is 75.5 Å². The Morgan fingerprint density at radius 3 is 1.84 bits per heavy atom. The van der Waals surface area contributed by atoms with Gasteiger partial charge in [-0.15, -0.1) is 0 Å². The number of hydrogen-bond donors (Lipinski definition) is 5. The molecule has 5 atom stereocenters. The van der Waals surface area contributed by atoms with Crippen LogP contribution in [-0.2, 0) is 23.1 Å². The molecule has 0 aromatic carbocycles. The van der Waals surface area contributed by atoms with Crippen LogP contribution in [0.1, 0.15) is 78.1 Å². The van der Waals surface area contributed by atoms with E-state index in [4.69, 9.17) is 9.26 Å². The number of phosphoric acid groups is 1. The standard InChI is InChI=1S/C20H41O10P/c1-3-5-7-9-11-13-28-20(25)19(24)18(23)17(22)16(21)15-30-31(26,27)29-14-12-10-8-6-4-2/h16-19,21-24H,3-15H2,1-2H3,(H,26,27)/t16-,17-,18+,19-/m1/s1. The lowest BCUT2D eigenvalue weighted by atomic mass is 10.0. The zero-order valence-corrected chi connectivity index (χ0v) is 19.6. The first-order valence-corrected chi connectivity index (χ1v) is 12.7. The molecule has 0 radical (unpaired) electrons. The van der Waals surface area contributed by atoms with E-state index in [0.29, 0.717) is 12.8 Å². The van der Waals surface area contributed by atoms with Crippen LogP contribution in [0.3, 0.4) is 0 Å². The molecule has 186 valence electrons. The Balaban J connectivity index is 4.22. The molecule has 0 amide bonds. The predicted molar refractivity (Wildman–Crippen MR) is 114 cm³/mol. The molecule has 0 heterocycles. The van der Waals surface area contributed by atoms with Crippen LogP contribution in [0.4, 0.5) is 0 Å². The third kappa shape index (κ3) is 15.0. The minimum atomic E-state index is -4.45. The van der Waals surface area contributed by atoms with Crippen LogP contribution in [0.2, 0.25) is 0 Å². The van der Waals surface area contributed by atoms with Gasteiger partial charge in [-0.1, -0.05) is 65.2 Å². The number of carbonyl (C=O) groups is 1. The van der Waals surface area contributed by atoms with E-state index in [-0.39, 0.29) is 13.2 Å². The molecule has 0 aromatic rings. The summed E-state index contributed by atoms with van der Waals surface area (Å²) in [5.74, 6) is -1.13. The van der Waals surface area contributed by atoms with Crippen molar-refractivity contribution in [3.8, 4) is 0 Å². The molecule has 11 heteroatoms. The number of phosphoric ester groups is 1. The van der Waals surface area contributed by atoms with Gasteiger partial charge >= 0.3 is 13.8 Å². The Kier molecular flexibility index (Phi) is 17.6. The van der Waals surface area contributed by atoms with E-state index in [1.54, 1.807) is 0 Å². The smallest absolute Gasteiger partial charge is 0.464 e. The molecule has 0 aliphatic heterocycles. The van der Waals surface area contributed by atoms with Crippen LogP contribution in [0, 0.1) is 0 Å². The van der Waals surface area contributed by atoms with Crippen molar-refractivity contribution in [3.63, 3.8) is 0 Å². The first kappa shape index (κ1) is 30.4. The number of ether oxygens (including phenoxy) is 1. The summed E-state index contributed by atoms with van der Waals surface area (Å²) in [6.07, 6.45) is 1.16. The third-order valence-corrected chi connectivity index (χ3v) is 5.70. The van der Waals surface area contributed by atoms with Gasteiger partial charge in [-0.25, -0.2) is 9.36 Å². The number of aliphatic hydroxyl groups is 4. The molecule has 0 saturated heterocycles. The van der Waals surface area contributed by atoms with E-state index in [2.05, 4.69) is 18.4 Å². The van der Waals surface area contributed by atoms with Crippen molar-refractivity contribution >= 4 is 13.8 Å². The molecular weight excluding hydrogens is 431 g/mol. The maximum atomic E-state index is 11.8. The Morgan fingerprint density at radius 1 is 0.774 bits per heavy atom. The molecule has 0 bridgehead atoms. The van der Waals surface area contributed by atoms with Gasteiger partial charge in [0.25, 0.3) is 0 Å². The minimum absolute atomic E-state index is 0.00175. The molecule has 1 unspecified atom stereocenters. The highest BCUT2D eigenvalue weighted by molar-refractivity contribution is 7.47. The molecule has 0 aliphatic rings. The summed E-state index contributed by atoms with van der Waals surface area (Å²) >= 11 is 0. The third-order valence-electron chi connectivity index (χ3n) is 4.71. The molecule has 31 heavy (non-hydrogen) atoms. The summed E-state index contributed by atoms with van der Waals surface area (Å²) in [6.45, 7) is 3.37. The van der Waals surface area contributed by atoms with Crippen LogP contribution < -0.4 is 0 Å². The predicted octanol–water partition coefficient (Wildman–Crippen LogP) is 2.05. The Labute approximate surface area is 185 Å². The van der Waals surface area contributed by atoms with Gasteiger partial charge in [0.05, 0.1) is 19.8 Å². The quantitative estimate of drug-likeness (QED) is 0.101. The van der Waals surface area contributed by atoms with Gasteiger partial charge in [0.15, 0.2) is 6.10 Å². The van der Waals surface area contributed by atoms with Crippen LogP contribution in [0.25, 0.3) is 0 Å². The van der Waals surface area contributed by atoms with Gasteiger partial charge in [-0.3, -0.25) is 9.05 Å². The van der Waals surface area contributed by atoms with Gasteiger partial charge in [0.2, 0.25) is 0 Å². The summed E-state index contributed by atoms with van der Waals surface area (Å²) in [4.78, 5) is 21.4. The lowest BCUT2D eigenvalue weighted by molar-refractivity contribution is -0.170. The first-order valence-electron chi connectivity index (χ1n) is 11.2. The van der Waals surface area contributed by atoms with Gasteiger partial charge in [-0.05, 0) is 12.8 Å². The van der Waals surface area contributed by atoms with E-state index in [0.717, 1.165) is 51.4 Å². The second-order valence-electron chi connectivity index (χ2n) is 7.59. The van der Waals surface area contributed by atoms with E-state index in [9.17, 15) is 34.7 Å². The highest BCUT2D eigenvalue weighted by Crippen LogP contribution is 2.43. The van der Waals surface area contributed by atoms with E-state index in [1.165, 1.54) is 0 Å². The molecule has 5 N–H and O–H groups in total. The lowest BCUT2D eigenvalue weighted by Crippen LogP contribution is -2.49. The average Bonchev–Trinajstić information content (AvgIpc) is 2.75. The molecule has 0 spiro atoms. The fourth-order valence-electron chi connectivity index (χ4n) is 2.71. The average molecular weight is 473 g/mol. The van der Waals surface area contributed by atoms with Crippen LogP contribution in [0.5, 0.6) is 0 Å². The number of hydrogen-bond acceptors (Lipinski definition) is 9. The van der Waals surface area contributed by atoms with E-state index >= 15 is 0 Å². The summed E-state index contributed by atoms with van der Waals surface area (Å²) in [5.41, 5.74) is 0. The fraction of sp³-hybridized carbons (Fsp3) is 0.950. The largest absolute Gasteiger partial charge is 0.472 e. The maximum absolute atomic E-state index is 11.8. The van der Waals surface area contributed by atoms with Crippen molar-refractivity contribution in [2.75, 3.05) is 19.8 Å². The van der Waals surface area contributed by atoms with Crippen LogP contribution >= 0.6 is 7.82 Å². The summed E-state index contributed by atoms with van der Waals surface area (Å²) in [5, 5.41) is 39.5. The van der Waals surface area contributed by atoms with Gasteiger partial charge in [0, 0.05) is 0 Å². The zero-order chi connectivity index (χ0) is 23.7. The van der Waals surface area contributed by atoms with Crippen LogP contribution in [0.15, 0.2) is 0 Å². The normalized spacial score (nSPS) is 17.5. The van der Waals surface area contributed by atoms with Crippen molar-refractivity contribution in [1.29, 1.82) is 0 Å². The fourth-order valence-corrected chi connectivity index (χ4v) is 3.48. The van der Waals surface area contributed by atoms with Crippen molar-refractivity contribution in [1.82, 2.24) is 0 Å². The van der Waals surface area contributed by atoms with Gasteiger partial charge < -0.3 is 30.1 Å². The molecule has 0 fully saturated rings. The Morgan fingerprint density at radius 2 is 1.29 bits per heavy atom. The monoisotopic (exact) mass is 472 g/mol. The second-order valence-corrected chi connectivity index (χ2v) is 9.04. The van der Waals surface area contributed by atoms with E-state index < -0.39 is 44.8 Å². The van der Waals surface area contributed by atoms with Gasteiger partial charge in [0.1, 0.15) is 18.3 Å².